The highest BCUT2D eigenvalue weighted by molar-refractivity contribution is 6.09. The Morgan fingerprint density at radius 1 is 1.33 bits per heavy atom. The first-order chi connectivity index (χ1) is 11.7. The Hall–Kier alpha value is -2.72. The van der Waals surface area contributed by atoms with Crippen molar-refractivity contribution in [2.24, 2.45) is 0 Å². The number of ether oxygens (including phenoxy) is 1. The van der Waals surface area contributed by atoms with E-state index < -0.39 is 5.82 Å². The Labute approximate surface area is 137 Å². The van der Waals surface area contributed by atoms with Crippen LogP contribution in [0.15, 0.2) is 18.5 Å². The van der Waals surface area contributed by atoms with Crippen molar-refractivity contribution in [3.05, 3.63) is 30.0 Å². The number of H-pyrrole nitrogens is 1. The van der Waals surface area contributed by atoms with Crippen molar-refractivity contribution >= 4 is 21.9 Å². The van der Waals surface area contributed by atoms with Crippen LogP contribution >= 0.6 is 0 Å². The maximum atomic E-state index is 13.7. The van der Waals surface area contributed by atoms with E-state index in [4.69, 9.17) is 4.74 Å². The predicted molar refractivity (Wildman–Crippen MR) is 87.2 cm³/mol. The Bertz CT molecular complexity index is 953. The van der Waals surface area contributed by atoms with Gasteiger partial charge in [-0.15, -0.1) is 0 Å². The molecule has 0 aromatic carbocycles. The number of aromatic amines is 1. The number of hydrogen-bond acceptors (Lipinski definition) is 5. The highest BCUT2D eigenvalue weighted by Gasteiger charge is 2.23. The topological polar surface area (TPSA) is 77.8 Å². The summed E-state index contributed by atoms with van der Waals surface area (Å²) in [6.07, 6.45) is 4.51. The SMILES string of the molecule is CN1CCC(Oc2c(C#N)ncc3[nH]c4ncc(F)cc4c23)CC1. The van der Waals surface area contributed by atoms with Gasteiger partial charge >= 0.3 is 0 Å². The second-order valence-corrected chi connectivity index (χ2v) is 6.13. The van der Waals surface area contributed by atoms with Crippen LogP contribution in [-0.4, -0.2) is 46.1 Å². The molecule has 122 valence electrons. The third-order valence-corrected chi connectivity index (χ3v) is 4.47. The van der Waals surface area contributed by atoms with Crippen LogP contribution in [-0.2, 0) is 0 Å². The van der Waals surface area contributed by atoms with E-state index in [2.05, 4.69) is 33.0 Å². The van der Waals surface area contributed by atoms with Crippen molar-refractivity contribution in [1.82, 2.24) is 19.9 Å². The van der Waals surface area contributed by atoms with Crippen molar-refractivity contribution < 1.29 is 9.13 Å². The second kappa shape index (κ2) is 5.73. The van der Waals surface area contributed by atoms with Gasteiger partial charge in [-0.3, -0.25) is 0 Å². The molecule has 0 saturated carbocycles. The van der Waals surface area contributed by atoms with E-state index in [1.807, 2.05) is 0 Å². The lowest BCUT2D eigenvalue weighted by atomic mass is 10.1. The summed E-state index contributed by atoms with van der Waals surface area (Å²) in [7, 11) is 2.08. The number of nitriles is 1. The van der Waals surface area contributed by atoms with E-state index >= 15 is 0 Å². The number of likely N-dealkylation sites (tertiary alicyclic amines) is 1. The summed E-state index contributed by atoms with van der Waals surface area (Å²) in [5.74, 6) is -0.00726. The molecule has 0 radical (unpaired) electrons. The Balaban J connectivity index is 1.86. The fourth-order valence-corrected chi connectivity index (χ4v) is 3.18. The van der Waals surface area contributed by atoms with Gasteiger partial charge in [0, 0.05) is 18.5 Å². The highest BCUT2D eigenvalue weighted by atomic mass is 19.1. The maximum absolute atomic E-state index is 13.7. The lowest BCUT2D eigenvalue weighted by Crippen LogP contribution is -2.35. The number of aromatic nitrogens is 3. The standard InChI is InChI=1S/C17H16FN5O/c1-23-4-2-11(3-5-23)24-16-13(7-19)20-9-14-15(16)12-6-10(18)8-21-17(12)22-14/h6,8-9,11H,2-5H2,1H3,(H,21,22). The third-order valence-electron chi connectivity index (χ3n) is 4.47. The molecule has 0 aliphatic carbocycles. The Morgan fingerprint density at radius 3 is 2.88 bits per heavy atom. The van der Waals surface area contributed by atoms with E-state index in [0.717, 1.165) is 32.1 Å². The molecule has 1 fully saturated rings. The van der Waals surface area contributed by atoms with Crippen molar-refractivity contribution in [1.29, 1.82) is 5.26 Å². The summed E-state index contributed by atoms with van der Waals surface area (Å²) >= 11 is 0. The molecule has 1 aliphatic rings. The summed E-state index contributed by atoms with van der Waals surface area (Å²) in [6.45, 7) is 1.89. The van der Waals surface area contributed by atoms with Crippen LogP contribution < -0.4 is 4.74 Å². The smallest absolute Gasteiger partial charge is 0.183 e. The van der Waals surface area contributed by atoms with E-state index in [1.165, 1.54) is 6.07 Å². The number of fused-ring (bicyclic) bond motifs is 3. The summed E-state index contributed by atoms with van der Waals surface area (Å²) in [5.41, 5.74) is 1.45. The quantitative estimate of drug-likeness (QED) is 0.783. The molecule has 3 aromatic rings. The minimum Gasteiger partial charge on any atom is -0.487 e. The van der Waals surface area contributed by atoms with Crippen molar-refractivity contribution in [2.45, 2.75) is 18.9 Å². The number of pyridine rings is 2. The van der Waals surface area contributed by atoms with Crippen LogP contribution in [0.2, 0.25) is 0 Å². The minimum atomic E-state index is -0.427. The molecule has 24 heavy (non-hydrogen) atoms. The van der Waals surface area contributed by atoms with Gasteiger partial charge in [-0.05, 0) is 26.0 Å². The molecule has 3 aromatic heterocycles. The lowest BCUT2D eigenvalue weighted by Gasteiger charge is -2.29. The zero-order valence-corrected chi connectivity index (χ0v) is 13.2. The van der Waals surface area contributed by atoms with Gasteiger partial charge in [-0.25, -0.2) is 14.4 Å². The van der Waals surface area contributed by atoms with Crippen LogP contribution in [0.3, 0.4) is 0 Å². The van der Waals surface area contributed by atoms with Gasteiger partial charge in [-0.1, -0.05) is 0 Å². The molecule has 0 spiro atoms. The number of rotatable bonds is 2. The van der Waals surface area contributed by atoms with Gasteiger partial charge in [0.1, 0.15) is 23.6 Å². The zero-order valence-electron chi connectivity index (χ0n) is 13.2. The van der Waals surface area contributed by atoms with Crippen LogP contribution in [0.25, 0.3) is 21.9 Å². The molecular formula is C17H16FN5O. The van der Waals surface area contributed by atoms with E-state index in [0.29, 0.717) is 27.7 Å². The average molecular weight is 325 g/mol. The molecule has 0 unspecified atom stereocenters. The molecule has 6 nitrogen and oxygen atoms in total. The normalized spacial score (nSPS) is 16.5. The fourth-order valence-electron chi connectivity index (χ4n) is 3.18. The first-order valence-electron chi connectivity index (χ1n) is 7.87. The first-order valence-corrected chi connectivity index (χ1v) is 7.87. The number of nitrogens with one attached hydrogen (secondary N) is 1. The molecule has 0 atom stereocenters. The van der Waals surface area contributed by atoms with Crippen molar-refractivity contribution in [2.75, 3.05) is 20.1 Å². The zero-order chi connectivity index (χ0) is 16.7. The average Bonchev–Trinajstić information content (AvgIpc) is 2.95. The number of hydrogen-bond donors (Lipinski definition) is 1. The minimum absolute atomic E-state index is 0.0205. The summed E-state index contributed by atoms with van der Waals surface area (Å²) in [5, 5.41) is 10.7. The maximum Gasteiger partial charge on any atom is 0.183 e. The van der Waals surface area contributed by atoms with E-state index in [9.17, 15) is 9.65 Å². The number of halogens is 1. The largest absolute Gasteiger partial charge is 0.487 e. The van der Waals surface area contributed by atoms with Crippen LogP contribution in [0.5, 0.6) is 5.75 Å². The molecule has 1 saturated heterocycles. The number of nitrogens with zero attached hydrogens (tertiary/aromatic N) is 4. The fraction of sp³-hybridized carbons (Fsp3) is 0.353. The summed E-state index contributed by atoms with van der Waals surface area (Å²) in [4.78, 5) is 13.6. The molecule has 0 bridgehead atoms. The molecule has 1 N–H and O–H groups in total. The highest BCUT2D eigenvalue weighted by Crippen LogP contribution is 2.35. The first kappa shape index (κ1) is 14.8. The third kappa shape index (κ3) is 2.45. The molecule has 0 amide bonds. The van der Waals surface area contributed by atoms with Gasteiger partial charge in [-0.2, -0.15) is 5.26 Å². The second-order valence-electron chi connectivity index (χ2n) is 6.13. The van der Waals surface area contributed by atoms with Crippen LogP contribution in [0.4, 0.5) is 4.39 Å². The van der Waals surface area contributed by atoms with Crippen LogP contribution in [0, 0.1) is 17.1 Å². The number of piperidine rings is 1. The molecule has 4 rings (SSSR count). The van der Waals surface area contributed by atoms with Crippen molar-refractivity contribution in [3.63, 3.8) is 0 Å². The van der Waals surface area contributed by atoms with E-state index in [-0.39, 0.29) is 11.8 Å². The van der Waals surface area contributed by atoms with Gasteiger partial charge in [0.2, 0.25) is 0 Å². The molecule has 1 aliphatic heterocycles. The predicted octanol–water partition coefficient (Wildman–Crippen LogP) is 2.59. The lowest BCUT2D eigenvalue weighted by molar-refractivity contribution is 0.115. The Kier molecular flexibility index (Phi) is 3.54. The molecular weight excluding hydrogens is 309 g/mol. The summed E-state index contributed by atoms with van der Waals surface area (Å²) in [6, 6.07) is 3.49. The Morgan fingerprint density at radius 2 is 2.12 bits per heavy atom. The summed E-state index contributed by atoms with van der Waals surface area (Å²) < 4.78 is 19.8. The van der Waals surface area contributed by atoms with Gasteiger partial charge in [0.05, 0.1) is 23.3 Å². The van der Waals surface area contributed by atoms with E-state index in [1.54, 1.807) is 6.20 Å². The molecule has 4 heterocycles. The van der Waals surface area contributed by atoms with Gasteiger partial charge < -0.3 is 14.6 Å². The van der Waals surface area contributed by atoms with Gasteiger partial charge in [0.15, 0.2) is 11.4 Å². The molecule has 7 heteroatoms. The van der Waals surface area contributed by atoms with Crippen molar-refractivity contribution in [3.8, 4) is 11.8 Å². The van der Waals surface area contributed by atoms with Gasteiger partial charge in [0.25, 0.3) is 0 Å². The monoisotopic (exact) mass is 325 g/mol. The van der Waals surface area contributed by atoms with Crippen LogP contribution in [0.1, 0.15) is 18.5 Å².